The molecule has 43 heavy (non-hydrogen) atoms. The molecule has 13 heteroatoms. The number of aromatic nitrogens is 2. The number of imidazole rings is 1. The van der Waals surface area contributed by atoms with E-state index in [0.717, 1.165) is 25.9 Å². The minimum Gasteiger partial charge on any atom is -0.494 e. The van der Waals surface area contributed by atoms with Crippen LogP contribution in [0.5, 0.6) is 5.75 Å². The molecule has 3 heterocycles. The van der Waals surface area contributed by atoms with Crippen molar-refractivity contribution < 1.29 is 27.9 Å². The molecule has 0 aliphatic carbocycles. The van der Waals surface area contributed by atoms with Crippen LogP contribution in [0.15, 0.2) is 36.5 Å². The standard InChI is InChI=1S/C30H33ClF2N6O4/c1-38-23(21-5-6-24(43-2)26(33)25(21)32)16-35-27(38)29(41)37-19-3-4-20(22(31)15-19)28(40)36-18-9-13-39(14-10-18)30(42)17-7-11-34-12-8-17/h3-6,15-18,34H,7-14H2,1-2H3,(H,36,40)(H,37,41). The van der Waals surface area contributed by atoms with E-state index < -0.39 is 17.5 Å². The van der Waals surface area contributed by atoms with Gasteiger partial charge in [0.25, 0.3) is 11.8 Å². The molecule has 0 atom stereocenters. The van der Waals surface area contributed by atoms with Crippen molar-refractivity contribution in [2.75, 3.05) is 38.6 Å². The van der Waals surface area contributed by atoms with Gasteiger partial charge < -0.3 is 30.2 Å². The highest BCUT2D eigenvalue weighted by molar-refractivity contribution is 6.34. The number of likely N-dealkylation sites (tertiary alicyclic amines) is 1. The Balaban J connectivity index is 1.18. The lowest BCUT2D eigenvalue weighted by Gasteiger charge is -2.35. The predicted molar refractivity (Wildman–Crippen MR) is 157 cm³/mol. The van der Waals surface area contributed by atoms with Crippen LogP contribution in [0.3, 0.4) is 0 Å². The molecule has 2 fully saturated rings. The Hall–Kier alpha value is -4.03. The summed E-state index contributed by atoms with van der Waals surface area (Å²) in [5.74, 6) is -3.21. The van der Waals surface area contributed by atoms with Crippen LogP contribution < -0.4 is 20.7 Å². The van der Waals surface area contributed by atoms with Gasteiger partial charge in [-0.2, -0.15) is 4.39 Å². The highest BCUT2D eigenvalue weighted by Gasteiger charge is 2.30. The summed E-state index contributed by atoms with van der Waals surface area (Å²) < 4.78 is 35.0. The maximum Gasteiger partial charge on any atom is 0.291 e. The quantitative estimate of drug-likeness (QED) is 0.370. The molecule has 1 aromatic heterocycles. The number of benzene rings is 2. The molecular formula is C30H33ClF2N6O4. The molecule has 0 radical (unpaired) electrons. The molecule has 0 spiro atoms. The first kappa shape index (κ1) is 30.4. The Morgan fingerprint density at radius 1 is 1.02 bits per heavy atom. The van der Waals surface area contributed by atoms with Gasteiger partial charge in [0.2, 0.25) is 11.7 Å². The van der Waals surface area contributed by atoms with E-state index in [2.05, 4.69) is 20.9 Å². The number of rotatable bonds is 7. The number of piperidine rings is 2. The van der Waals surface area contributed by atoms with Gasteiger partial charge in [-0.25, -0.2) is 9.37 Å². The van der Waals surface area contributed by atoms with Gasteiger partial charge >= 0.3 is 0 Å². The summed E-state index contributed by atoms with van der Waals surface area (Å²) in [5, 5.41) is 9.10. The molecule has 2 aromatic carbocycles. The average molecular weight is 615 g/mol. The minimum absolute atomic E-state index is 0.0476. The Kier molecular flexibility index (Phi) is 9.26. The Morgan fingerprint density at radius 2 is 1.74 bits per heavy atom. The summed E-state index contributed by atoms with van der Waals surface area (Å²) in [6, 6.07) is 7.07. The number of nitrogens with one attached hydrogen (secondary N) is 3. The monoisotopic (exact) mass is 614 g/mol. The van der Waals surface area contributed by atoms with Crippen molar-refractivity contribution in [2.45, 2.75) is 31.7 Å². The Labute approximate surface area is 252 Å². The second-order valence-corrected chi connectivity index (χ2v) is 11.1. The molecule has 0 bridgehead atoms. The molecule has 2 aliphatic heterocycles. The van der Waals surface area contributed by atoms with Crippen molar-refractivity contribution in [2.24, 2.45) is 13.0 Å². The van der Waals surface area contributed by atoms with Gasteiger partial charge in [-0.15, -0.1) is 0 Å². The summed E-state index contributed by atoms with van der Waals surface area (Å²) in [5.41, 5.74) is 0.687. The lowest BCUT2D eigenvalue weighted by Crippen LogP contribution is -2.49. The first-order valence-electron chi connectivity index (χ1n) is 14.1. The first-order valence-corrected chi connectivity index (χ1v) is 14.5. The van der Waals surface area contributed by atoms with Crippen molar-refractivity contribution >= 4 is 35.0 Å². The zero-order valence-electron chi connectivity index (χ0n) is 23.9. The van der Waals surface area contributed by atoms with Crippen molar-refractivity contribution in [3.63, 3.8) is 0 Å². The number of methoxy groups -OCH3 is 1. The zero-order valence-corrected chi connectivity index (χ0v) is 24.6. The fourth-order valence-corrected chi connectivity index (χ4v) is 5.82. The van der Waals surface area contributed by atoms with E-state index >= 15 is 0 Å². The number of carbonyl (C=O) groups excluding carboxylic acids is 3. The number of carbonyl (C=O) groups is 3. The highest BCUT2D eigenvalue weighted by Crippen LogP contribution is 2.30. The molecule has 10 nitrogen and oxygen atoms in total. The highest BCUT2D eigenvalue weighted by atomic mass is 35.5. The van der Waals surface area contributed by atoms with E-state index in [1.807, 2.05) is 4.90 Å². The van der Waals surface area contributed by atoms with Crippen LogP contribution in [0.4, 0.5) is 14.5 Å². The fraction of sp³-hybridized carbons (Fsp3) is 0.400. The molecule has 0 saturated carbocycles. The minimum atomic E-state index is -1.14. The van der Waals surface area contributed by atoms with Crippen LogP contribution in [-0.2, 0) is 11.8 Å². The molecule has 0 unspecified atom stereocenters. The molecule has 228 valence electrons. The Morgan fingerprint density at radius 3 is 2.42 bits per heavy atom. The largest absolute Gasteiger partial charge is 0.494 e. The number of ether oxygens (including phenoxy) is 1. The molecule has 3 aromatic rings. The van der Waals surface area contributed by atoms with Crippen molar-refractivity contribution in [1.29, 1.82) is 0 Å². The molecule has 5 rings (SSSR count). The second kappa shape index (κ2) is 13.1. The van der Waals surface area contributed by atoms with Crippen molar-refractivity contribution in [3.05, 3.63) is 64.6 Å². The van der Waals surface area contributed by atoms with Crippen LogP contribution in [-0.4, -0.2) is 71.5 Å². The van der Waals surface area contributed by atoms with Crippen LogP contribution in [0.2, 0.25) is 5.02 Å². The zero-order chi connectivity index (χ0) is 30.7. The van der Waals surface area contributed by atoms with E-state index in [0.29, 0.717) is 31.6 Å². The summed E-state index contributed by atoms with van der Waals surface area (Å²) in [4.78, 5) is 44.7. The van der Waals surface area contributed by atoms with E-state index in [1.54, 1.807) is 6.07 Å². The normalized spacial score (nSPS) is 16.2. The van der Waals surface area contributed by atoms with Gasteiger partial charge in [-0.05, 0) is 69.1 Å². The summed E-state index contributed by atoms with van der Waals surface area (Å²) in [7, 11) is 2.74. The van der Waals surface area contributed by atoms with Crippen molar-refractivity contribution in [1.82, 2.24) is 25.1 Å². The summed E-state index contributed by atoms with van der Waals surface area (Å²) in [6.07, 6.45) is 4.31. The third-order valence-corrected chi connectivity index (χ3v) is 8.35. The second-order valence-electron chi connectivity index (χ2n) is 10.7. The Bertz CT molecular complexity index is 1530. The maximum atomic E-state index is 14.6. The maximum absolute atomic E-state index is 14.6. The van der Waals surface area contributed by atoms with Gasteiger partial charge in [-0.3, -0.25) is 14.4 Å². The third-order valence-electron chi connectivity index (χ3n) is 8.04. The smallest absolute Gasteiger partial charge is 0.291 e. The lowest BCUT2D eigenvalue weighted by atomic mass is 9.95. The summed E-state index contributed by atoms with van der Waals surface area (Å²) >= 11 is 6.42. The van der Waals surface area contributed by atoms with Gasteiger partial charge in [0.1, 0.15) is 0 Å². The van der Waals surface area contributed by atoms with Gasteiger partial charge in [-0.1, -0.05) is 11.6 Å². The molecule has 3 N–H and O–H groups in total. The number of anilines is 1. The third kappa shape index (κ3) is 6.50. The van der Waals surface area contributed by atoms with Crippen molar-refractivity contribution in [3.8, 4) is 17.0 Å². The molecule has 2 aliphatic rings. The van der Waals surface area contributed by atoms with Gasteiger partial charge in [0.15, 0.2) is 17.4 Å². The lowest BCUT2D eigenvalue weighted by molar-refractivity contribution is -0.137. The summed E-state index contributed by atoms with van der Waals surface area (Å²) in [6.45, 7) is 2.93. The SMILES string of the molecule is COc1ccc(-c2cnc(C(=O)Nc3ccc(C(=O)NC4CCN(C(=O)C5CCNCC5)CC4)c(Cl)c3)n2C)c(F)c1F. The number of hydrogen-bond donors (Lipinski definition) is 3. The number of hydrogen-bond acceptors (Lipinski definition) is 6. The number of nitrogens with zero attached hydrogens (tertiary/aromatic N) is 3. The number of halogens is 3. The van der Waals surface area contributed by atoms with Crippen LogP contribution in [0.1, 0.15) is 46.7 Å². The van der Waals surface area contributed by atoms with Crippen LogP contribution in [0.25, 0.3) is 11.3 Å². The number of amides is 3. The average Bonchev–Trinajstić information content (AvgIpc) is 3.39. The predicted octanol–water partition coefficient (Wildman–Crippen LogP) is 4.00. The van der Waals surface area contributed by atoms with Gasteiger partial charge in [0, 0.05) is 43.3 Å². The van der Waals surface area contributed by atoms with Crippen LogP contribution >= 0.6 is 11.6 Å². The fourth-order valence-electron chi connectivity index (χ4n) is 5.56. The van der Waals surface area contributed by atoms with E-state index in [4.69, 9.17) is 16.3 Å². The van der Waals surface area contributed by atoms with E-state index in [-0.39, 0.29) is 57.2 Å². The topological polar surface area (TPSA) is 118 Å². The van der Waals surface area contributed by atoms with E-state index in [9.17, 15) is 23.2 Å². The molecule has 2 saturated heterocycles. The molecule has 3 amide bonds. The van der Waals surface area contributed by atoms with Gasteiger partial charge in [0.05, 0.1) is 29.6 Å². The molecular weight excluding hydrogens is 582 g/mol. The van der Waals surface area contributed by atoms with E-state index in [1.165, 1.54) is 49.2 Å². The van der Waals surface area contributed by atoms with Crippen LogP contribution in [0, 0.1) is 17.6 Å². The first-order chi connectivity index (χ1) is 20.7.